The predicted molar refractivity (Wildman–Crippen MR) is 76.5 cm³/mol. The Morgan fingerprint density at radius 3 is 2.29 bits per heavy atom. The number of carboxylic acid groups (broad SMARTS) is 1. The van der Waals surface area contributed by atoms with Crippen molar-refractivity contribution in [1.82, 2.24) is 10.2 Å². The van der Waals surface area contributed by atoms with Crippen LogP contribution >= 0.6 is 0 Å². The third-order valence-electron chi connectivity index (χ3n) is 4.66. The second-order valence-electron chi connectivity index (χ2n) is 6.20. The third kappa shape index (κ3) is 4.19. The number of piperidine rings is 1. The highest BCUT2D eigenvalue weighted by Gasteiger charge is 2.31. The molecular weight excluding hydrogens is 272 g/mol. The van der Waals surface area contributed by atoms with E-state index in [9.17, 15) is 14.4 Å². The number of likely N-dealkylation sites (tertiary alicyclic amines) is 1. The molecule has 2 rings (SSSR count). The standard InChI is InChI=1S/C15H24N2O4/c1-10(18)17-8-2-3-12(9-17)14(19)16-13-6-4-11(5-7-13)15(20)21/h11-13H,2-9H2,1H3,(H,16,19)(H,20,21)/t11?,12-,13?/m0/s1. The van der Waals surface area contributed by atoms with E-state index in [2.05, 4.69) is 5.32 Å². The van der Waals surface area contributed by atoms with Crippen molar-refractivity contribution in [3.05, 3.63) is 0 Å². The molecule has 118 valence electrons. The van der Waals surface area contributed by atoms with E-state index in [0.29, 0.717) is 19.4 Å². The summed E-state index contributed by atoms with van der Waals surface area (Å²) in [7, 11) is 0. The molecule has 1 aliphatic carbocycles. The number of rotatable bonds is 3. The highest BCUT2D eigenvalue weighted by molar-refractivity contribution is 5.81. The molecular formula is C15H24N2O4. The quantitative estimate of drug-likeness (QED) is 0.813. The molecule has 1 saturated heterocycles. The first-order valence-electron chi connectivity index (χ1n) is 7.76. The maximum atomic E-state index is 12.3. The van der Waals surface area contributed by atoms with Crippen LogP contribution in [0.4, 0.5) is 0 Å². The molecule has 2 N–H and O–H groups in total. The summed E-state index contributed by atoms with van der Waals surface area (Å²) in [5.74, 6) is -1.08. The zero-order valence-electron chi connectivity index (χ0n) is 12.5. The molecule has 0 aromatic carbocycles. The lowest BCUT2D eigenvalue weighted by atomic mass is 9.85. The Bertz CT molecular complexity index is 416. The smallest absolute Gasteiger partial charge is 0.306 e. The number of hydrogen-bond donors (Lipinski definition) is 2. The Labute approximate surface area is 124 Å². The fourth-order valence-electron chi connectivity index (χ4n) is 3.28. The minimum absolute atomic E-state index is 0.0136. The third-order valence-corrected chi connectivity index (χ3v) is 4.66. The zero-order chi connectivity index (χ0) is 15.4. The molecule has 1 saturated carbocycles. The van der Waals surface area contributed by atoms with Gasteiger partial charge >= 0.3 is 5.97 Å². The van der Waals surface area contributed by atoms with Crippen LogP contribution in [0.15, 0.2) is 0 Å². The molecule has 2 fully saturated rings. The SMILES string of the molecule is CC(=O)N1CCC[C@H](C(=O)NC2CCC(C(=O)O)CC2)C1. The lowest BCUT2D eigenvalue weighted by molar-refractivity contribution is -0.142. The molecule has 0 unspecified atom stereocenters. The summed E-state index contributed by atoms with van der Waals surface area (Å²) < 4.78 is 0. The summed E-state index contributed by atoms with van der Waals surface area (Å²) in [5.41, 5.74) is 0. The first-order valence-corrected chi connectivity index (χ1v) is 7.76. The van der Waals surface area contributed by atoms with Crippen LogP contribution in [-0.2, 0) is 14.4 Å². The van der Waals surface area contributed by atoms with Gasteiger partial charge in [0.2, 0.25) is 11.8 Å². The van der Waals surface area contributed by atoms with E-state index in [1.54, 1.807) is 4.90 Å². The molecule has 1 aliphatic heterocycles. The van der Waals surface area contributed by atoms with Gasteiger partial charge in [0.15, 0.2) is 0 Å². The van der Waals surface area contributed by atoms with Gasteiger partial charge in [0.05, 0.1) is 11.8 Å². The van der Waals surface area contributed by atoms with Crippen molar-refractivity contribution in [3.63, 3.8) is 0 Å². The van der Waals surface area contributed by atoms with Gasteiger partial charge in [-0.25, -0.2) is 0 Å². The average Bonchev–Trinajstić information content (AvgIpc) is 2.48. The van der Waals surface area contributed by atoms with Crippen molar-refractivity contribution in [2.24, 2.45) is 11.8 Å². The van der Waals surface area contributed by atoms with E-state index in [1.807, 2.05) is 0 Å². The van der Waals surface area contributed by atoms with Gasteiger partial charge in [-0.2, -0.15) is 0 Å². The monoisotopic (exact) mass is 296 g/mol. The molecule has 0 spiro atoms. The van der Waals surface area contributed by atoms with Gasteiger partial charge in [0.25, 0.3) is 0 Å². The van der Waals surface area contributed by atoms with Gasteiger partial charge in [0.1, 0.15) is 0 Å². The van der Waals surface area contributed by atoms with Crippen molar-refractivity contribution in [2.75, 3.05) is 13.1 Å². The van der Waals surface area contributed by atoms with Crippen LogP contribution in [0, 0.1) is 11.8 Å². The average molecular weight is 296 g/mol. The maximum absolute atomic E-state index is 12.3. The van der Waals surface area contributed by atoms with E-state index in [-0.39, 0.29) is 29.7 Å². The number of carbonyl (C=O) groups excluding carboxylic acids is 2. The molecule has 2 amide bonds. The highest BCUT2D eigenvalue weighted by atomic mass is 16.4. The van der Waals surface area contributed by atoms with E-state index in [4.69, 9.17) is 5.11 Å². The Morgan fingerprint density at radius 2 is 1.71 bits per heavy atom. The fraction of sp³-hybridized carbons (Fsp3) is 0.800. The van der Waals surface area contributed by atoms with Gasteiger partial charge in [-0.1, -0.05) is 0 Å². The minimum Gasteiger partial charge on any atom is -0.481 e. The summed E-state index contributed by atoms with van der Waals surface area (Å²) in [5, 5.41) is 12.0. The van der Waals surface area contributed by atoms with Gasteiger partial charge in [-0.3, -0.25) is 14.4 Å². The Balaban J connectivity index is 1.79. The molecule has 1 heterocycles. The zero-order valence-corrected chi connectivity index (χ0v) is 12.5. The van der Waals surface area contributed by atoms with E-state index in [1.165, 1.54) is 6.92 Å². The van der Waals surface area contributed by atoms with Crippen LogP contribution in [-0.4, -0.2) is 46.9 Å². The number of aliphatic carboxylic acids is 1. The minimum atomic E-state index is -0.732. The number of carboxylic acids is 1. The molecule has 0 aromatic heterocycles. The summed E-state index contributed by atoms with van der Waals surface area (Å²) in [4.78, 5) is 36.3. The molecule has 1 atom stereocenters. The van der Waals surface area contributed by atoms with Crippen molar-refractivity contribution in [3.8, 4) is 0 Å². The number of amides is 2. The number of nitrogens with one attached hydrogen (secondary N) is 1. The van der Waals surface area contributed by atoms with Crippen molar-refractivity contribution >= 4 is 17.8 Å². The molecule has 0 aromatic rings. The predicted octanol–water partition coefficient (Wildman–Crippen LogP) is 1.00. The fourth-order valence-corrected chi connectivity index (χ4v) is 3.28. The second kappa shape index (κ2) is 6.91. The molecule has 21 heavy (non-hydrogen) atoms. The van der Waals surface area contributed by atoms with Gasteiger partial charge < -0.3 is 15.3 Å². The Hall–Kier alpha value is -1.59. The van der Waals surface area contributed by atoms with E-state index < -0.39 is 5.97 Å². The van der Waals surface area contributed by atoms with Crippen LogP contribution < -0.4 is 5.32 Å². The van der Waals surface area contributed by atoms with Crippen molar-refractivity contribution in [1.29, 1.82) is 0 Å². The Kier molecular flexibility index (Phi) is 5.20. The largest absolute Gasteiger partial charge is 0.481 e. The first-order chi connectivity index (χ1) is 9.97. The van der Waals surface area contributed by atoms with E-state index >= 15 is 0 Å². The van der Waals surface area contributed by atoms with Gasteiger partial charge in [-0.05, 0) is 38.5 Å². The summed E-state index contributed by atoms with van der Waals surface area (Å²) in [6.45, 7) is 2.78. The number of hydrogen-bond acceptors (Lipinski definition) is 3. The normalized spacial score (nSPS) is 29.8. The second-order valence-corrected chi connectivity index (χ2v) is 6.20. The molecule has 6 nitrogen and oxygen atoms in total. The summed E-state index contributed by atoms with van der Waals surface area (Å²) >= 11 is 0. The first kappa shape index (κ1) is 15.8. The molecule has 0 radical (unpaired) electrons. The van der Waals surface area contributed by atoms with Crippen LogP contribution in [0.1, 0.15) is 45.4 Å². The lowest BCUT2D eigenvalue weighted by Gasteiger charge is -2.33. The van der Waals surface area contributed by atoms with Crippen LogP contribution in [0.5, 0.6) is 0 Å². The highest BCUT2D eigenvalue weighted by Crippen LogP contribution is 2.25. The van der Waals surface area contributed by atoms with Crippen molar-refractivity contribution in [2.45, 2.75) is 51.5 Å². The van der Waals surface area contributed by atoms with E-state index in [0.717, 1.165) is 32.2 Å². The molecule has 6 heteroatoms. The van der Waals surface area contributed by atoms with Gasteiger partial charge in [-0.15, -0.1) is 0 Å². The maximum Gasteiger partial charge on any atom is 0.306 e. The van der Waals surface area contributed by atoms with Gasteiger partial charge in [0, 0.05) is 26.1 Å². The molecule has 2 aliphatic rings. The van der Waals surface area contributed by atoms with Crippen LogP contribution in [0.3, 0.4) is 0 Å². The van der Waals surface area contributed by atoms with Crippen LogP contribution in [0.25, 0.3) is 0 Å². The number of nitrogens with zero attached hydrogens (tertiary/aromatic N) is 1. The summed E-state index contributed by atoms with van der Waals surface area (Å²) in [6, 6.07) is 0.0841. The topological polar surface area (TPSA) is 86.7 Å². The summed E-state index contributed by atoms with van der Waals surface area (Å²) in [6.07, 6.45) is 4.40. The Morgan fingerprint density at radius 1 is 1.05 bits per heavy atom. The van der Waals surface area contributed by atoms with Crippen LogP contribution in [0.2, 0.25) is 0 Å². The molecule has 0 bridgehead atoms. The number of carbonyl (C=O) groups is 3. The van der Waals surface area contributed by atoms with Crippen molar-refractivity contribution < 1.29 is 19.5 Å². The lowest BCUT2D eigenvalue weighted by Crippen LogP contribution is -2.48.